The van der Waals surface area contributed by atoms with Gasteiger partial charge in [0.25, 0.3) is 5.69 Å². The summed E-state index contributed by atoms with van der Waals surface area (Å²) < 4.78 is 5.32. The van der Waals surface area contributed by atoms with Crippen molar-refractivity contribution in [3.05, 3.63) is 39.9 Å². The third-order valence-electron chi connectivity index (χ3n) is 4.73. The van der Waals surface area contributed by atoms with Crippen LogP contribution in [-0.2, 0) is 16.1 Å². The molecule has 7 nitrogen and oxygen atoms in total. The zero-order valence-electron chi connectivity index (χ0n) is 13.7. The number of benzene rings is 1. The molecule has 2 aliphatic rings. The number of hydrogen-bond acceptors (Lipinski definition) is 5. The van der Waals surface area contributed by atoms with Gasteiger partial charge in [-0.05, 0) is 24.9 Å². The molecular weight excluding hydrogens is 310 g/mol. The van der Waals surface area contributed by atoms with Crippen LogP contribution in [0.1, 0.15) is 24.8 Å². The van der Waals surface area contributed by atoms with Crippen molar-refractivity contribution in [1.82, 2.24) is 9.80 Å². The summed E-state index contributed by atoms with van der Waals surface area (Å²) in [5.41, 5.74) is 0.978. The fourth-order valence-corrected chi connectivity index (χ4v) is 3.46. The van der Waals surface area contributed by atoms with Crippen LogP contribution in [0.3, 0.4) is 0 Å². The van der Waals surface area contributed by atoms with E-state index in [0.717, 1.165) is 31.4 Å². The Morgan fingerprint density at radius 1 is 1.25 bits per heavy atom. The number of nitro benzene ring substituents is 1. The number of rotatable bonds is 4. The molecule has 1 unspecified atom stereocenters. The number of piperidine rings is 1. The van der Waals surface area contributed by atoms with Crippen LogP contribution in [-0.4, -0.2) is 59.5 Å². The summed E-state index contributed by atoms with van der Waals surface area (Å²) in [6, 6.07) is 6.56. The Morgan fingerprint density at radius 3 is 2.79 bits per heavy atom. The first-order valence-electron chi connectivity index (χ1n) is 8.49. The fourth-order valence-electron chi connectivity index (χ4n) is 3.46. The van der Waals surface area contributed by atoms with E-state index in [1.165, 1.54) is 6.07 Å². The van der Waals surface area contributed by atoms with Crippen LogP contribution in [0.2, 0.25) is 0 Å². The van der Waals surface area contributed by atoms with Gasteiger partial charge in [-0.2, -0.15) is 0 Å². The van der Waals surface area contributed by atoms with E-state index in [-0.39, 0.29) is 22.6 Å². The summed E-state index contributed by atoms with van der Waals surface area (Å²) >= 11 is 0. The van der Waals surface area contributed by atoms with Gasteiger partial charge in [0.05, 0.1) is 24.2 Å². The number of carbonyl (C=O) groups excluding carboxylic acids is 1. The van der Waals surface area contributed by atoms with Crippen molar-refractivity contribution in [2.75, 3.05) is 32.8 Å². The van der Waals surface area contributed by atoms with Crippen molar-refractivity contribution in [3.8, 4) is 0 Å². The van der Waals surface area contributed by atoms with Crippen molar-refractivity contribution in [2.45, 2.75) is 31.8 Å². The molecule has 1 amide bonds. The molecule has 2 heterocycles. The van der Waals surface area contributed by atoms with Gasteiger partial charge >= 0.3 is 0 Å². The second-order valence-electron chi connectivity index (χ2n) is 6.35. The van der Waals surface area contributed by atoms with Crippen LogP contribution in [0, 0.1) is 10.1 Å². The normalized spacial score (nSPS) is 22.3. The molecule has 7 heteroatoms. The van der Waals surface area contributed by atoms with Crippen LogP contribution >= 0.6 is 0 Å². The van der Waals surface area contributed by atoms with Gasteiger partial charge in [0.1, 0.15) is 0 Å². The van der Waals surface area contributed by atoms with Crippen LogP contribution < -0.4 is 0 Å². The Kier molecular flexibility index (Phi) is 5.42. The van der Waals surface area contributed by atoms with Gasteiger partial charge in [-0.25, -0.2) is 0 Å². The predicted octanol–water partition coefficient (Wildman–Crippen LogP) is 1.81. The predicted molar refractivity (Wildman–Crippen MR) is 88.5 cm³/mol. The summed E-state index contributed by atoms with van der Waals surface area (Å²) in [6.45, 7) is 3.93. The molecule has 1 aromatic rings. The van der Waals surface area contributed by atoms with Crippen LogP contribution in [0.25, 0.3) is 0 Å². The van der Waals surface area contributed by atoms with E-state index >= 15 is 0 Å². The Bertz CT molecular complexity index is 601. The fraction of sp³-hybridized carbons (Fsp3) is 0.588. The number of ether oxygens (including phenoxy) is 1. The molecule has 3 rings (SSSR count). The van der Waals surface area contributed by atoms with E-state index in [0.29, 0.717) is 32.8 Å². The molecule has 2 aliphatic heterocycles. The number of hydrogen-bond donors (Lipinski definition) is 0. The molecule has 24 heavy (non-hydrogen) atoms. The van der Waals surface area contributed by atoms with E-state index in [9.17, 15) is 14.9 Å². The van der Waals surface area contributed by atoms with Crippen molar-refractivity contribution < 1.29 is 14.5 Å². The molecule has 0 N–H and O–H groups in total. The number of carbonyl (C=O) groups is 1. The van der Waals surface area contributed by atoms with Gasteiger partial charge in [-0.15, -0.1) is 0 Å². The standard InChI is InChI=1S/C17H23N3O4/c21-17(18-8-10-24-11-9-18)16-6-1-2-7-19(16)13-14-4-3-5-15(12-14)20(22)23/h3-5,12,16H,1-2,6-11,13H2. The van der Waals surface area contributed by atoms with E-state index in [1.54, 1.807) is 12.1 Å². The molecule has 2 saturated heterocycles. The number of nitro groups is 1. The molecule has 0 aromatic heterocycles. The SMILES string of the molecule is O=C(C1CCCCN1Cc1cccc([N+](=O)[O-])c1)N1CCOCC1. The van der Waals surface area contributed by atoms with E-state index in [1.807, 2.05) is 11.0 Å². The highest BCUT2D eigenvalue weighted by atomic mass is 16.6. The monoisotopic (exact) mass is 333 g/mol. The molecule has 1 aromatic carbocycles. The molecule has 0 bridgehead atoms. The lowest BCUT2D eigenvalue weighted by atomic mass is 9.99. The Hall–Kier alpha value is -1.99. The van der Waals surface area contributed by atoms with Gasteiger partial charge in [-0.1, -0.05) is 18.6 Å². The zero-order valence-corrected chi connectivity index (χ0v) is 13.7. The highest BCUT2D eigenvalue weighted by molar-refractivity contribution is 5.82. The molecule has 0 spiro atoms. The summed E-state index contributed by atoms with van der Waals surface area (Å²) in [6.07, 6.45) is 2.96. The average Bonchev–Trinajstić information content (AvgIpc) is 2.62. The molecule has 130 valence electrons. The lowest BCUT2D eigenvalue weighted by Gasteiger charge is -2.38. The highest BCUT2D eigenvalue weighted by Crippen LogP contribution is 2.23. The number of likely N-dealkylation sites (tertiary alicyclic amines) is 1. The number of nitrogens with zero attached hydrogens (tertiary/aromatic N) is 3. The first kappa shape index (κ1) is 16.9. The molecule has 0 radical (unpaired) electrons. The summed E-state index contributed by atoms with van der Waals surface area (Å²) in [7, 11) is 0. The molecule has 0 aliphatic carbocycles. The lowest BCUT2D eigenvalue weighted by Crippen LogP contribution is -2.53. The molecular formula is C17H23N3O4. The van der Waals surface area contributed by atoms with E-state index in [4.69, 9.17) is 4.74 Å². The highest BCUT2D eigenvalue weighted by Gasteiger charge is 2.32. The zero-order chi connectivity index (χ0) is 16.9. The van der Waals surface area contributed by atoms with Crippen molar-refractivity contribution in [2.24, 2.45) is 0 Å². The minimum atomic E-state index is -0.379. The van der Waals surface area contributed by atoms with Crippen molar-refractivity contribution >= 4 is 11.6 Å². The van der Waals surface area contributed by atoms with Gasteiger partial charge in [0, 0.05) is 31.8 Å². The second-order valence-corrected chi connectivity index (χ2v) is 6.35. The van der Waals surface area contributed by atoms with Crippen LogP contribution in [0.5, 0.6) is 0 Å². The van der Waals surface area contributed by atoms with E-state index < -0.39 is 0 Å². The first-order valence-corrected chi connectivity index (χ1v) is 8.49. The quantitative estimate of drug-likeness (QED) is 0.620. The number of morpholine rings is 1. The lowest BCUT2D eigenvalue weighted by molar-refractivity contribution is -0.384. The largest absolute Gasteiger partial charge is 0.378 e. The minimum Gasteiger partial charge on any atom is -0.378 e. The molecule has 1 atom stereocenters. The van der Waals surface area contributed by atoms with Crippen LogP contribution in [0.4, 0.5) is 5.69 Å². The maximum Gasteiger partial charge on any atom is 0.269 e. The van der Waals surface area contributed by atoms with Gasteiger partial charge in [-0.3, -0.25) is 19.8 Å². The topological polar surface area (TPSA) is 75.9 Å². The maximum atomic E-state index is 12.8. The van der Waals surface area contributed by atoms with Crippen LogP contribution in [0.15, 0.2) is 24.3 Å². The third kappa shape index (κ3) is 3.91. The summed E-state index contributed by atoms with van der Waals surface area (Å²) in [5, 5.41) is 10.9. The second kappa shape index (κ2) is 7.72. The van der Waals surface area contributed by atoms with Gasteiger partial charge < -0.3 is 9.64 Å². The van der Waals surface area contributed by atoms with Crippen molar-refractivity contribution in [3.63, 3.8) is 0 Å². The summed E-state index contributed by atoms with van der Waals surface area (Å²) in [5.74, 6) is 0.170. The van der Waals surface area contributed by atoms with Gasteiger partial charge in [0.15, 0.2) is 0 Å². The maximum absolute atomic E-state index is 12.8. The Labute approximate surface area is 141 Å². The average molecular weight is 333 g/mol. The first-order chi connectivity index (χ1) is 11.6. The third-order valence-corrected chi connectivity index (χ3v) is 4.73. The summed E-state index contributed by atoms with van der Waals surface area (Å²) in [4.78, 5) is 27.5. The Morgan fingerprint density at radius 2 is 2.04 bits per heavy atom. The minimum absolute atomic E-state index is 0.0977. The Balaban J connectivity index is 1.71. The smallest absolute Gasteiger partial charge is 0.269 e. The van der Waals surface area contributed by atoms with Gasteiger partial charge in [0.2, 0.25) is 5.91 Å². The number of non-ortho nitro benzene ring substituents is 1. The number of amides is 1. The van der Waals surface area contributed by atoms with E-state index in [2.05, 4.69) is 4.90 Å². The molecule has 0 saturated carbocycles. The molecule has 2 fully saturated rings. The van der Waals surface area contributed by atoms with Crippen molar-refractivity contribution in [1.29, 1.82) is 0 Å².